The van der Waals surface area contributed by atoms with Gasteiger partial charge in [0.05, 0.1) is 0 Å². The summed E-state index contributed by atoms with van der Waals surface area (Å²) >= 11 is 0. The van der Waals surface area contributed by atoms with Gasteiger partial charge >= 0.3 is 0 Å². The first kappa shape index (κ1) is 12.6. The van der Waals surface area contributed by atoms with Crippen molar-refractivity contribution in [3.63, 3.8) is 0 Å². The van der Waals surface area contributed by atoms with Crippen molar-refractivity contribution in [1.29, 1.82) is 0 Å². The van der Waals surface area contributed by atoms with Crippen LogP contribution in [0.3, 0.4) is 0 Å². The standard InChI is InChI=1S/C11H22O2/c1-9(2)7-11(12)8-10(3)5-6-13-4/h9-10H,5-8H2,1-4H3. The normalized spacial score (nSPS) is 13.3. The Kier molecular flexibility index (Phi) is 6.87. The van der Waals surface area contributed by atoms with E-state index in [1.807, 2.05) is 0 Å². The van der Waals surface area contributed by atoms with Gasteiger partial charge in [-0.25, -0.2) is 0 Å². The molecule has 0 rings (SSSR count). The van der Waals surface area contributed by atoms with Crippen LogP contribution in [-0.2, 0) is 9.53 Å². The highest BCUT2D eigenvalue weighted by molar-refractivity contribution is 5.78. The Labute approximate surface area is 81.7 Å². The third-order valence-electron chi connectivity index (χ3n) is 2.03. The predicted molar refractivity (Wildman–Crippen MR) is 54.7 cm³/mol. The van der Waals surface area contributed by atoms with Crippen LogP contribution in [0.5, 0.6) is 0 Å². The monoisotopic (exact) mass is 186 g/mol. The Morgan fingerprint density at radius 1 is 1.23 bits per heavy atom. The minimum Gasteiger partial charge on any atom is -0.385 e. The van der Waals surface area contributed by atoms with Gasteiger partial charge in [0.25, 0.3) is 0 Å². The highest BCUT2D eigenvalue weighted by Crippen LogP contribution is 2.12. The maximum Gasteiger partial charge on any atom is 0.133 e. The fourth-order valence-electron chi connectivity index (χ4n) is 1.35. The highest BCUT2D eigenvalue weighted by atomic mass is 16.5. The number of methoxy groups -OCH3 is 1. The van der Waals surface area contributed by atoms with E-state index in [2.05, 4.69) is 20.8 Å². The van der Waals surface area contributed by atoms with Gasteiger partial charge in [0.15, 0.2) is 0 Å². The quantitative estimate of drug-likeness (QED) is 0.611. The van der Waals surface area contributed by atoms with E-state index in [1.54, 1.807) is 7.11 Å². The van der Waals surface area contributed by atoms with Crippen LogP contribution in [0.4, 0.5) is 0 Å². The van der Waals surface area contributed by atoms with Crippen molar-refractivity contribution in [3.8, 4) is 0 Å². The molecule has 13 heavy (non-hydrogen) atoms. The van der Waals surface area contributed by atoms with Crippen LogP contribution in [0.25, 0.3) is 0 Å². The van der Waals surface area contributed by atoms with Gasteiger partial charge in [-0.15, -0.1) is 0 Å². The minimum absolute atomic E-state index is 0.388. The molecule has 0 amide bonds. The Balaban J connectivity index is 3.53. The van der Waals surface area contributed by atoms with Crippen molar-refractivity contribution < 1.29 is 9.53 Å². The van der Waals surface area contributed by atoms with Crippen molar-refractivity contribution in [2.75, 3.05) is 13.7 Å². The summed E-state index contributed by atoms with van der Waals surface area (Å²) in [5.74, 6) is 1.34. The molecule has 0 saturated carbocycles. The Bertz CT molecular complexity index is 141. The summed E-state index contributed by atoms with van der Waals surface area (Å²) in [4.78, 5) is 11.4. The molecule has 0 aliphatic rings. The zero-order chi connectivity index (χ0) is 10.3. The van der Waals surface area contributed by atoms with Crippen LogP contribution in [0, 0.1) is 11.8 Å². The van der Waals surface area contributed by atoms with Crippen molar-refractivity contribution in [3.05, 3.63) is 0 Å². The summed E-state index contributed by atoms with van der Waals surface area (Å²) in [6.45, 7) is 7.03. The first-order valence-electron chi connectivity index (χ1n) is 5.06. The van der Waals surface area contributed by atoms with E-state index in [0.29, 0.717) is 24.0 Å². The SMILES string of the molecule is COCCC(C)CC(=O)CC(C)C. The second-order valence-corrected chi connectivity index (χ2v) is 4.23. The molecule has 0 aliphatic carbocycles. The molecule has 1 unspecified atom stereocenters. The van der Waals surface area contributed by atoms with Crippen molar-refractivity contribution in [2.45, 2.75) is 40.0 Å². The first-order chi connectivity index (χ1) is 6.06. The van der Waals surface area contributed by atoms with Gasteiger partial charge in [-0.3, -0.25) is 4.79 Å². The molecular weight excluding hydrogens is 164 g/mol. The van der Waals surface area contributed by atoms with E-state index in [4.69, 9.17) is 4.74 Å². The molecule has 1 atom stereocenters. The lowest BCUT2D eigenvalue weighted by atomic mass is 9.96. The molecule has 0 heterocycles. The molecule has 0 radical (unpaired) electrons. The molecule has 0 N–H and O–H groups in total. The molecule has 0 fully saturated rings. The first-order valence-corrected chi connectivity index (χ1v) is 5.06. The average Bonchev–Trinajstić information content (AvgIpc) is 1.98. The van der Waals surface area contributed by atoms with E-state index >= 15 is 0 Å². The lowest BCUT2D eigenvalue weighted by molar-refractivity contribution is -0.120. The Morgan fingerprint density at radius 2 is 1.85 bits per heavy atom. The maximum atomic E-state index is 11.4. The van der Waals surface area contributed by atoms with Gasteiger partial charge in [-0.2, -0.15) is 0 Å². The minimum atomic E-state index is 0.388. The van der Waals surface area contributed by atoms with Crippen LogP contribution in [0.15, 0.2) is 0 Å². The Hall–Kier alpha value is -0.370. The molecule has 0 aromatic heterocycles. The summed E-state index contributed by atoms with van der Waals surface area (Å²) in [7, 11) is 1.70. The molecule has 0 aromatic rings. The van der Waals surface area contributed by atoms with E-state index in [0.717, 1.165) is 19.4 Å². The van der Waals surface area contributed by atoms with Crippen molar-refractivity contribution >= 4 is 5.78 Å². The van der Waals surface area contributed by atoms with Crippen LogP contribution in [0.2, 0.25) is 0 Å². The summed E-state index contributed by atoms with van der Waals surface area (Å²) in [5.41, 5.74) is 0. The fourth-order valence-corrected chi connectivity index (χ4v) is 1.35. The van der Waals surface area contributed by atoms with E-state index < -0.39 is 0 Å². The molecule has 0 saturated heterocycles. The number of ketones is 1. The summed E-state index contributed by atoms with van der Waals surface area (Å²) in [5, 5.41) is 0. The second-order valence-electron chi connectivity index (χ2n) is 4.23. The second kappa shape index (κ2) is 7.07. The number of rotatable bonds is 7. The van der Waals surface area contributed by atoms with E-state index in [-0.39, 0.29) is 0 Å². The highest BCUT2D eigenvalue weighted by Gasteiger charge is 2.10. The lowest BCUT2D eigenvalue weighted by Crippen LogP contribution is -2.09. The maximum absolute atomic E-state index is 11.4. The van der Waals surface area contributed by atoms with E-state index in [9.17, 15) is 4.79 Å². The molecular formula is C11H22O2. The van der Waals surface area contributed by atoms with Gasteiger partial charge in [0.1, 0.15) is 5.78 Å². The zero-order valence-corrected chi connectivity index (χ0v) is 9.30. The summed E-state index contributed by atoms with van der Waals surface area (Å²) < 4.78 is 4.96. The topological polar surface area (TPSA) is 26.3 Å². The predicted octanol–water partition coefficient (Wildman–Crippen LogP) is 2.66. The molecule has 2 heteroatoms. The van der Waals surface area contributed by atoms with Gasteiger partial charge in [-0.1, -0.05) is 20.8 Å². The third kappa shape index (κ3) is 7.97. The van der Waals surface area contributed by atoms with Gasteiger partial charge in [0, 0.05) is 26.6 Å². The number of hydrogen-bond acceptors (Lipinski definition) is 2. The smallest absolute Gasteiger partial charge is 0.133 e. The van der Waals surface area contributed by atoms with Crippen LogP contribution in [-0.4, -0.2) is 19.5 Å². The van der Waals surface area contributed by atoms with Gasteiger partial charge < -0.3 is 4.74 Å². The molecule has 78 valence electrons. The number of hydrogen-bond donors (Lipinski definition) is 0. The molecule has 0 bridgehead atoms. The molecule has 0 aliphatic heterocycles. The molecule has 2 nitrogen and oxygen atoms in total. The van der Waals surface area contributed by atoms with E-state index in [1.165, 1.54) is 0 Å². The van der Waals surface area contributed by atoms with Crippen molar-refractivity contribution in [2.24, 2.45) is 11.8 Å². The number of ether oxygens (including phenoxy) is 1. The number of carbonyl (C=O) groups excluding carboxylic acids is 1. The van der Waals surface area contributed by atoms with Crippen LogP contribution in [0.1, 0.15) is 40.0 Å². The summed E-state index contributed by atoms with van der Waals surface area (Å²) in [6.07, 6.45) is 2.42. The van der Waals surface area contributed by atoms with Crippen LogP contribution < -0.4 is 0 Å². The van der Waals surface area contributed by atoms with Gasteiger partial charge in [-0.05, 0) is 18.3 Å². The van der Waals surface area contributed by atoms with Crippen LogP contribution >= 0.6 is 0 Å². The number of Topliss-reactive ketones (excluding diaryl/α,β-unsaturated/α-hetero) is 1. The Morgan fingerprint density at radius 3 is 2.31 bits per heavy atom. The zero-order valence-electron chi connectivity index (χ0n) is 9.30. The fraction of sp³-hybridized carbons (Fsp3) is 0.909. The third-order valence-corrected chi connectivity index (χ3v) is 2.03. The van der Waals surface area contributed by atoms with Crippen molar-refractivity contribution in [1.82, 2.24) is 0 Å². The number of carbonyl (C=O) groups is 1. The molecule has 0 spiro atoms. The lowest BCUT2D eigenvalue weighted by Gasteiger charge is -2.10. The molecule has 0 aromatic carbocycles. The summed E-state index contributed by atoms with van der Waals surface area (Å²) in [6, 6.07) is 0. The average molecular weight is 186 g/mol. The van der Waals surface area contributed by atoms with Gasteiger partial charge in [0.2, 0.25) is 0 Å². The largest absolute Gasteiger partial charge is 0.385 e.